The van der Waals surface area contributed by atoms with Crippen LogP contribution in [0.1, 0.15) is 25.7 Å². The van der Waals surface area contributed by atoms with E-state index >= 15 is 0 Å². The van der Waals surface area contributed by atoms with Gasteiger partial charge in [0.2, 0.25) is 11.8 Å². The first-order valence-electron chi connectivity index (χ1n) is 5.46. The first-order valence-corrected chi connectivity index (χ1v) is 5.46. The molecule has 17 heavy (non-hydrogen) atoms. The maximum Gasteiger partial charge on any atom is 0.394 e. The first kappa shape index (κ1) is 14.0. The van der Waals surface area contributed by atoms with Gasteiger partial charge in [-0.3, -0.25) is 14.5 Å². The summed E-state index contributed by atoms with van der Waals surface area (Å²) in [6.07, 6.45) is -3.15. The molecule has 1 aliphatic rings. The summed E-state index contributed by atoms with van der Waals surface area (Å²) in [5.74, 6) is -2.90. The van der Waals surface area contributed by atoms with E-state index in [0.717, 1.165) is 0 Å². The van der Waals surface area contributed by atoms with Gasteiger partial charge in [-0.25, -0.2) is 0 Å². The van der Waals surface area contributed by atoms with Crippen molar-refractivity contribution in [3.05, 3.63) is 0 Å². The van der Waals surface area contributed by atoms with Crippen LogP contribution in [0.3, 0.4) is 0 Å². The number of carbonyl (C=O) groups excluding carboxylic acids is 2. The summed E-state index contributed by atoms with van der Waals surface area (Å²) in [4.78, 5) is 23.7. The standard InChI is InChI=1S/C10H15F3N2O2/c11-10(12,13)7(5-14)6-15-8(16)3-1-2-4-9(15)17/h7H,1-6,14H2. The number of nitrogens with zero attached hydrogens (tertiary/aromatic N) is 1. The summed E-state index contributed by atoms with van der Waals surface area (Å²) in [6, 6.07) is 0. The average Bonchev–Trinajstić information content (AvgIpc) is 2.37. The first-order chi connectivity index (χ1) is 7.86. The van der Waals surface area contributed by atoms with Crippen LogP contribution >= 0.6 is 0 Å². The molecule has 0 aromatic carbocycles. The SMILES string of the molecule is NCC(CN1C(=O)CCCCC1=O)C(F)(F)F. The number of rotatable bonds is 3. The highest BCUT2D eigenvalue weighted by atomic mass is 19.4. The van der Waals surface area contributed by atoms with E-state index in [1.807, 2.05) is 0 Å². The fourth-order valence-corrected chi connectivity index (χ4v) is 1.70. The fraction of sp³-hybridized carbons (Fsp3) is 0.800. The summed E-state index contributed by atoms with van der Waals surface area (Å²) in [7, 11) is 0. The molecular weight excluding hydrogens is 237 g/mol. The molecule has 0 bridgehead atoms. The van der Waals surface area contributed by atoms with Gasteiger partial charge in [-0.05, 0) is 12.8 Å². The van der Waals surface area contributed by atoms with Crippen molar-refractivity contribution >= 4 is 11.8 Å². The zero-order chi connectivity index (χ0) is 13.1. The molecule has 98 valence electrons. The van der Waals surface area contributed by atoms with Crippen molar-refractivity contribution < 1.29 is 22.8 Å². The minimum Gasteiger partial charge on any atom is -0.330 e. The van der Waals surface area contributed by atoms with Crippen LogP contribution in [-0.2, 0) is 9.59 Å². The predicted molar refractivity (Wildman–Crippen MR) is 53.8 cm³/mol. The molecule has 0 aromatic rings. The van der Waals surface area contributed by atoms with Crippen molar-refractivity contribution in [2.75, 3.05) is 13.1 Å². The molecule has 1 saturated heterocycles. The zero-order valence-corrected chi connectivity index (χ0v) is 9.29. The Labute approximate surface area is 96.9 Å². The highest BCUT2D eigenvalue weighted by molar-refractivity contribution is 5.96. The second-order valence-corrected chi connectivity index (χ2v) is 4.08. The Morgan fingerprint density at radius 3 is 2.00 bits per heavy atom. The van der Waals surface area contributed by atoms with Crippen molar-refractivity contribution in [3.63, 3.8) is 0 Å². The summed E-state index contributed by atoms with van der Waals surface area (Å²) in [5.41, 5.74) is 5.04. The quantitative estimate of drug-likeness (QED) is 0.764. The lowest BCUT2D eigenvalue weighted by atomic mass is 10.1. The van der Waals surface area contributed by atoms with Crippen LogP contribution in [0.2, 0.25) is 0 Å². The number of amides is 2. The van der Waals surface area contributed by atoms with Gasteiger partial charge < -0.3 is 5.73 Å². The number of likely N-dealkylation sites (tertiary alicyclic amines) is 1. The molecule has 0 aliphatic carbocycles. The molecule has 1 rings (SSSR count). The van der Waals surface area contributed by atoms with Gasteiger partial charge in [-0.1, -0.05) is 0 Å². The van der Waals surface area contributed by atoms with Crippen molar-refractivity contribution in [3.8, 4) is 0 Å². The van der Waals surface area contributed by atoms with Gasteiger partial charge in [0.15, 0.2) is 0 Å². The Morgan fingerprint density at radius 1 is 1.18 bits per heavy atom. The van der Waals surface area contributed by atoms with Crippen LogP contribution in [0.4, 0.5) is 13.2 Å². The van der Waals surface area contributed by atoms with Crippen LogP contribution in [-0.4, -0.2) is 36.0 Å². The molecule has 0 saturated carbocycles. The Balaban J connectivity index is 2.75. The minimum absolute atomic E-state index is 0.126. The average molecular weight is 252 g/mol. The highest BCUT2D eigenvalue weighted by Crippen LogP contribution is 2.27. The van der Waals surface area contributed by atoms with Crippen LogP contribution in [0.25, 0.3) is 0 Å². The van der Waals surface area contributed by atoms with Crippen LogP contribution in [0.5, 0.6) is 0 Å². The molecule has 1 fully saturated rings. The van der Waals surface area contributed by atoms with E-state index in [4.69, 9.17) is 5.73 Å². The number of nitrogens with two attached hydrogens (primary N) is 1. The van der Waals surface area contributed by atoms with Gasteiger partial charge in [0.05, 0.1) is 5.92 Å². The number of halogens is 3. The van der Waals surface area contributed by atoms with Gasteiger partial charge in [0.1, 0.15) is 0 Å². The Bertz CT molecular complexity index is 286. The van der Waals surface area contributed by atoms with Gasteiger partial charge in [-0.2, -0.15) is 13.2 Å². The monoisotopic (exact) mass is 252 g/mol. The fourth-order valence-electron chi connectivity index (χ4n) is 1.70. The third kappa shape index (κ3) is 3.69. The lowest BCUT2D eigenvalue weighted by Gasteiger charge is -2.25. The molecule has 2 amide bonds. The maximum atomic E-state index is 12.5. The van der Waals surface area contributed by atoms with Crippen molar-refractivity contribution in [1.82, 2.24) is 4.90 Å². The van der Waals surface area contributed by atoms with Crippen molar-refractivity contribution in [1.29, 1.82) is 0 Å². The van der Waals surface area contributed by atoms with Crippen LogP contribution in [0.15, 0.2) is 0 Å². The molecule has 4 nitrogen and oxygen atoms in total. The molecule has 1 atom stereocenters. The molecule has 7 heteroatoms. The van der Waals surface area contributed by atoms with Crippen LogP contribution in [0, 0.1) is 5.92 Å². The van der Waals surface area contributed by atoms with Crippen LogP contribution < -0.4 is 5.73 Å². The van der Waals surface area contributed by atoms with Gasteiger partial charge in [0.25, 0.3) is 0 Å². The predicted octanol–water partition coefficient (Wildman–Crippen LogP) is 1.05. The Morgan fingerprint density at radius 2 is 1.65 bits per heavy atom. The topological polar surface area (TPSA) is 63.4 Å². The van der Waals surface area contributed by atoms with E-state index in [0.29, 0.717) is 17.7 Å². The minimum atomic E-state index is -4.48. The lowest BCUT2D eigenvalue weighted by molar-refractivity contribution is -0.179. The second kappa shape index (κ2) is 5.48. The molecule has 0 aromatic heterocycles. The van der Waals surface area contributed by atoms with Gasteiger partial charge >= 0.3 is 6.18 Å². The Hall–Kier alpha value is -1.11. The molecular formula is C10H15F3N2O2. The van der Waals surface area contributed by atoms with E-state index in [2.05, 4.69) is 0 Å². The van der Waals surface area contributed by atoms with E-state index < -0.39 is 37.0 Å². The third-order valence-electron chi connectivity index (χ3n) is 2.78. The molecule has 0 spiro atoms. The third-order valence-corrected chi connectivity index (χ3v) is 2.78. The van der Waals surface area contributed by atoms with E-state index in [1.165, 1.54) is 0 Å². The lowest BCUT2D eigenvalue weighted by Crippen LogP contribution is -2.45. The number of alkyl halides is 3. The van der Waals surface area contributed by atoms with Gasteiger partial charge in [0, 0.05) is 25.9 Å². The molecule has 2 N–H and O–H groups in total. The van der Waals surface area contributed by atoms with Gasteiger partial charge in [-0.15, -0.1) is 0 Å². The molecule has 0 radical (unpaired) electrons. The summed E-state index contributed by atoms with van der Waals surface area (Å²) >= 11 is 0. The molecule has 1 unspecified atom stereocenters. The summed E-state index contributed by atoms with van der Waals surface area (Å²) < 4.78 is 37.5. The zero-order valence-electron chi connectivity index (χ0n) is 9.29. The number of imide groups is 1. The normalized spacial score (nSPS) is 20.4. The smallest absolute Gasteiger partial charge is 0.330 e. The van der Waals surface area contributed by atoms with E-state index in [1.54, 1.807) is 0 Å². The van der Waals surface area contributed by atoms with E-state index in [9.17, 15) is 22.8 Å². The molecule has 1 aliphatic heterocycles. The summed E-state index contributed by atoms with van der Waals surface area (Å²) in [5, 5.41) is 0. The maximum absolute atomic E-state index is 12.5. The van der Waals surface area contributed by atoms with E-state index in [-0.39, 0.29) is 12.8 Å². The number of carbonyl (C=O) groups is 2. The summed E-state index contributed by atoms with van der Waals surface area (Å²) in [6.45, 7) is -1.28. The van der Waals surface area contributed by atoms with Crippen molar-refractivity contribution in [2.45, 2.75) is 31.9 Å². The Kier molecular flexibility index (Phi) is 4.50. The number of hydrogen-bond donors (Lipinski definition) is 1. The molecule has 1 heterocycles. The highest BCUT2D eigenvalue weighted by Gasteiger charge is 2.41. The number of hydrogen-bond acceptors (Lipinski definition) is 3. The second-order valence-electron chi connectivity index (χ2n) is 4.08. The largest absolute Gasteiger partial charge is 0.394 e. The van der Waals surface area contributed by atoms with Crippen molar-refractivity contribution in [2.24, 2.45) is 11.7 Å².